The van der Waals surface area contributed by atoms with E-state index in [4.69, 9.17) is 5.11 Å². The first kappa shape index (κ1) is 19.2. The van der Waals surface area contributed by atoms with Gasteiger partial charge in [0.25, 0.3) is 0 Å². The maximum atomic E-state index is 11.2. The molecule has 0 heterocycles. The van der Waals surface area contributed by atoms with Gasteiger partial charge in [-0.25, -0.2) is 0 Å². The number of nitrogens with one attached hydrogen (secondary N) is 1. The van der Waals surface area contributed by atoms with Gasteiger partial charge in [0.1, 0.15) is 0 Å². The van der Waals surface area contributed by atoms with Crippen molar-refractivity contribution < 1.29 is 49.4 Å². The average molecular weight is 253 g/mol. The van der Waals surface area contributed by atoms with Crippen LogP contribution in [0.1, 0.15) is 45.4 Å². The molecule has 0 aliphatic rings. The van der Waals surface area contributed by atoms with Crippen molar-refractivity contribution in [2.24, 2.45) is 0 Å². The molecule has 2 N–H and O–H groups in total. The van der Waals surface area contributed by atoms with Crippen molar-refractivity contribution in [3.05, 3.63) is 0 Å². The van der Waals surface area contributed by atoms with Crippen molar-refractivity contribution in [3.8, 4) is 0 Å². The molecule has 0 saturated carbocycles. The smallest absolute Gasteiger partial charge is 0.548 e. The third kappa shape index (κ3) is 10.8. The monoisotopic (exact) mass is 253 g/mol. The predicted molar refractivity (Wildman–Crippen MR) is 57.4 cm³/mol. The number of aliphatic hydroxyl groups is 1. The number of hydrogen-bond donors (Lipinski definition) is 2. The van der Waals surface area contributed by atoms with Gasteiger partial charge in [0.15, 0.2) is 0 Å². The Labute approximate surface area is 124 Å². The average Bonchev–Trinajstić information content (AvgIpc) is 2.25. The van der Waals surface area contributed by atoms with Crippen molar-refractivity contribution in [1.82, 2.24) is 5.32 Å². The minimum Gasteiger partial charge on any atom is -0.548 e. The first-order chi connectivity index (χ1) is 7.61. The number of aliphatic hydroxyl groups excluding tert-OH is 1. The van der Waals surface area contributed by atoms with Crippen LogP contribution in [-0.2, 0) is 9.59 Å². The summed E-state index contributed by atoms with van der Waals surface area (Å²) in [5.74, 6) is -1.80. The van der Waals surface area contributed by atoms with Crippen LogP contribution in [0, 0.1) is 0 Å². The Morgan fingerprint density at radius 2 is 1.82 bits per heavy atom. The third-order valence-electron chi connectivity index (χ3n) is 2.31. The number of rotatable bonds is 9. The quantitative estimate of drug-likeness (QED) is 0.331. The number of carbonyl (C=O) groups excluding carboxylic acids is 2. The molecule has 0 aromatic carbocycles. The molecule has 1 amide bonds. The van der Waals surface area contributed by atoms with Crippen molar-refractivity contribution in [3.63, 3.8) is 0 Å². The van der Waals surface area contributed by atoms with E-state index in [1.54, 1.807) is 0 Å². The molecule has 0 aliphatic carbocycles. The van der Waals surface area contributed by atoms with E-state index in [1.807, 2.05) is 0 Å². The van der Waals surface area contributed by atoms with Crippen LogP contribution in [0.25, 0.3) is 0 Å². The first-order valence-electron chi connectivity index (χ1n) is 5.72. The molecule has 0 aromatic heterocycles. The van der Waals surface area contributed by atoms with Gasteiger partial charge in [-0.3, -0.25) is 4.79 Å². The molecule has 1 atom stereocenters. The summed E-state index contributed by atoms with van der Waals surface area (Å²) in [4.78, 5) is 21.6. The minimum atomic E-state index is -1.46. The largest absolute Gasteiger partial charge is 1.00 e. The zero-order valence-electron chi connectivity index (χ0n) is 10.7. The van der Waals surface area contributed by atoms with Crippen molar-refractivity contribution >= 4 is 11.9 Å². The summed E-state index contributed by atoms with van der Waals surface area (Å²) < 4.78 is 0. The van der Waals surface area contributed by atoms with E-state index in [0.29, 0.717) is 6.42 Å². The number of unbranched alkanes of at least 4 members (excludes halogenated alkanes) is 4. The van der Waals surface area contributed by atoms with Gasteiger partial charge in [-0.05, 0) is 6.42 Å². The van der Waals surface area contributed by atoms with E-state index in [9.17, 15) is 14.7 Å². The fourth-order valence-electron chi connectivity index (χ4n) is 1.33. The molecule has 0 bridgehead atoms. The van der Waals surface area contributed by atoms with Gasteiger partial charge in [-0.2, -0.15) is 0 Å². The van der Waals surface area contributed by atoms with E-state index < -0.39 is 18.6 Å². The predicted octanol–water partition coefficient (Wildman–Crippen LogP) is -3.42. The molecule has 0 radical (unpaired) electrons. The van der Waals surface area contributed by atoms with Crippen LogP contribution in [0.3, 0.4) is 0 Å². The van der Waals surface area contributed by atoms with Crippen LogP contribution in [-0.4, -0.2) is 29.6 Å². The zero-order valence-corrected chi connectivity index (χ0v) is 12.7. The normalized spacial score (nSPS) is 11.4. The van der Waals surface area contributed by atoms with Gasteiger partial charge in [-0.15, -0.1) is 0 Å². The number of hydrogen-bond acceptors (Lipinski definition) is 4. The van der Waals surface area contributed by atoms with Gasteiger partial charge < -0.3 is 20.3 Å². The number of carboxylic acid groups (broad SMARTS) is 1. The standard InChI is InChI=1S/C11H21NO4.Na/c1-2-3-4-5-6-7-10(14)12-9(8-13)11(15)16;/h9,13H,2-8H2,1H3,(H,12,14)(H,15,16);/q;+1/p-1/t9-;/m0./s1. The van der Waals surface area contributed by atoms with E-state index >= 15 is 0 Å². The molecule has 0 aliphatic heterocycles. The van der Waals surface area contributed by atoms with Crippen LogP contribution in [0.4, 0.5) is 0 Å². The summed E-state index contributed by atoms with van der Waals surface area (Å²) in [5, 5.41) is 21.3. The van der Waals surface area contributed by atoms with Gasteiger partial charge in [0, 0.05) is 6.42 Å². The summed E-state index contributed by atoms with van der Waals surface area (Å²) in [5.41, 5.74) is 0. The Morgan fingerprint density at radius 1 is 1.24 bits per heavy atom. The topological polar surface area (TPSA) is 89.5 Å². The van der Waals surface area contributed by atoms with Crippen LogP contribution in [0.2, 0.25) is 0 Å². The van der Waals surface area contributed by atoms with E-state index in [0.717, 1.165) is 32.1 Å². The summed E-state index contributed by atoms with van der Waals surface area (Å²) in [6, 6.07) is -1.29. The fraction of sp³-hybridized carbons (Fsp3) is 0.818. The number of carbonyl (C=O) groups is 2. The van der Waals surface area contributed by atoms with Gasteiger partial charge in [-0.1, -0.05) is 32.6 Å². The van der Waals surface area contributed by atoms with E-state index in [-0.39, 0.29) is 35.5 Å². The molecule has 0 aromatic rings. The molecule has 94 valence electrons. The van der Waals surface area contributed by atoms with Crippen molar-refractivity contribution in [2.75, 3.05) is 6.61 Å². The second-order valence-corrected chi connectivity index (χ2v) is 3.79. The van der Waals surface area contributed by atoms with Gasteiger partial charge in [0.05, 0.1) is 18.6 Å². The summed E-state index contributed by atoms with van der Waals surface area (Å²) in [7, 11) is 0. The Bertz CT molecular complexity index is 224. The molecule has 5 nitrogen and oxygen atoms in total. The SMILES string of the molecule is CCCCCCCC(=O)N[C@@H](CO)C(=O)[O-].[Na+]. The molecule has 6 heteroatoms. The van der Waals surface area contributed by atoms with E-state index in [1.165, 1.54) is 0 Å². The molecular formula is C11H20NNaO4. The zero-order chi connectivity index (χ0) is 12.4. The van der Waals surface area contributed by atoms with E-state index in [2.05, 4.69) is 12.2 Å². The Hall–Kier alpha value is -0.100. The number of aliphatic carboxylic acids is 1. The van der Waals surface area contributed by atoms with Gasteiger partial charge in [0.2, 0.25) is 5.91 Å². The van der Waals surface area contributed by atoms with Crippen LogP contribution >= 0.6 is 0 Å². The molecule has 0 unspecified atom stereocenters. The summed E-state index contributed by atoms with van der Waals surface area (Å²) in [6.07, 6.45) is 5.40. The molecule has 17 heavy (non-hydrogen) atoms. The minimum absolute atomic E-state index is 0. The fourth-order valence-corrected chi connectivity index (χ4v) is 1.33. The molecule has 0 spiro atoms. The Balaban J connectivity index is 0. The van der Waals surface area contributed by atoms with Crippen LogP contribution < -0.4 is 40.0 Å². The Morgan fingerprint density at radius 3 is 2.29 bits per heavy atom. The number of amides is 1. The third-order valence-corrected chi connectivity index (χ3v) is 2.31. The molecular weight excluding hydrogens is 233 g/mol. The van der Waals surface area contributed by atoms with Gasteiger partial charge >= 0.3 is 29.6 Å². The molecule has 0 rings (SSSR count). The second kappa shape index (κ2) is 12.4. The maximum absolute atomic E-state index is 11.2. The number of carboxylic acids is 1. The maximum Gasteiger partial charge on any atom is 1.00 e. The van der Waals surface area contributed by atoms with Crippen molar-refractivity contribution in [1.29, 1.82) is 0 Å². The van der Waals surface area contributed by atoms with Crippen LogP contribution in [0.15, 0.2) is 0 Å². The van der Waals surface area contributed by atoms with Crippen molar-refractivity contribution in [2.45, 2.75) is 51.5 Å². The second-order valence-electron chi connectivity index (χ2n) is 3.79. The molecule has 0 fully saturated rings. The summed E-state index contributed by atoms with van der Waals surface area (Å²) in [6.45, 7) is 1.47. The van der Waals surface area contributed by atoms with Crippen LogP contribution in [0.5, 0.6) is 0 Å². The molecule has 0 saturated heterocycles. The Kier molecular flexibility index (Phi) is 14.0. The summed E-state index contributed by atoms with van der Waals surface area (Å²) >= 11 is 0. The first-order valence-corrected chi connectivity index (χ1v) is 5.72.